The number of H-pyrrole nitrogens is 1. The molecule has 0 aromatic carbocycles. The second kappa shape index (κ2) is 3.66. The van der Waals surface area contributed by atoms with Crippen molar-refractivity contribution in [2.45, 2.75) is 18.8 Å². The molecule has 0 unspecified atom stereocenters. The molecule has 0 atom stereocenters. The van der Waals surface area contributed by atoms with E-state index in [1.807, 2.05) is 12.3 Å². The summed E-state index contributed by atoms with van der Waals surface area (Å²) in [5.41, 5.74) is 2.46. The number of piperidine rings is 1. The van der Waals surface area contributed by atoms with Crippen LogP contribution in [0.1, 0.15) is 25.7 Å². The highest BCUT2D eigenvalue weighted by molar-refractivity contribution is 5.80. The normalized spacial score (nSPS) is 18.4. The molecule has 3 heteroatoms. The Morgan fingerprint density at radius 2 is 2.20 bits per heavy atom. The zero-order chi connectivity index (χ0) is 10.1. The van der Waals surface area contributed by atoms with E-state index in [1.165, 1.54) is 23.8 Å². The van der Waals surface area contributed by atoms with E-state index < -0.39 is 0 Å². The van der Waals surface area contributed by atoms with Crippen molar-refractivity contribution in [1.29, 1.82) is 0 Å². The minimum Gasteiger partial charge on any atom is -0.346 e. The van der Waals surface area contributed by atoms with Gasteiger partial charge in [0.2, 0.25) is 0 Å². The lowest BCUT2D eigenvalue weighted by Crippen LogP contribution is -2.26. The van der Waals surface area contributed by atoms with Gasteiger partial charge in [0.15, 0.2) is 0 Å². The quantitative estimate of drug-likeness (QED) is 0.746. The Labute approximate surface area is 90.4 Å². The molecule has 15 heavy (non-hydrogen) atoms. The van der Waals surface area contributed by atoms with Gasteiger partial charge in [-0.05, 0) is 49.5 Å². The molecule has 0 spiro atoms. The second-order valence-corrected chi connectivity index (χ2v) is 4.17. The molecule has 0 saturated carbocycles. The summed E-state index contributed by atoms with van der Waals surface area (Å²) in [7, 11) is 0. The first kappa shape index (κ1) is 8.92. The maximum Gasteiger partial charge on any atom is 0.137 e. The Bertz CT molecular complexity index is 460. The molecule has 80 valence electrons. The second-order valence-electron chi connectivity index (χ2n) is 4.17. The van der Waals surface area contributed by atoms with Crippen LogP contribution in [0.3, 0.4) is 0 Å². The fraction of sp³-hybridized carbons (Fsp3) is 0.417. The SMILES string of the molecule is [HH].c1cnc2[nH]cc(C3CCNCC3)c2c1. The van der Waals surface area contributed by atoms with Crippen LogP contribution in [0.2, 0.25) is 0 Å². The van der Waals surface area contributed by atoms with Crippen molar-refractivity contribution < 1.29 is 1.43 Å². The lowest BCUT2D eigenvalue weighted by atomic mass is 9.90. The van der Waals surface area contributed by atoms with Crippen LogP contribution in [0.15, 0.2) is 24.5 Å². The van der Waals surface area contributed by atoms with Crippen LogP contribution in [0.4, 0.5) is 0 Å². The molecule has 0 aliphatic carbocycles. The number of pyridine rings is 1. The van der Waals surface area contributed by atoms with Crippen LogP contribution in [0.5, 0.6) is 0 Å². The summed E-state index contributed by atoms with van der Waals surface area (Å²) in [5, 5.41) is 4.69. The first-order valence-electron chi connectivity index (χ1n) is 5.58. The lowest BCUT2D eigenvalue weighted by molar-refractivity contribution is 0.462. The molecule has 0 radical (unpaired) electrons. The molecule has 1 aliphatic rings. The van der Waals surface area contributed by atoms with Crippen molar-refractivity contribution in [2.75, 3.05) is 13.1 Å². The zero-order valence-corrected chi connectivity index (χ0v) is 8.66. The van der Waals surface area contributed by atoms with Crippen LogP contribution in [-0.2, 0) is 0 Å². The number of aromatic nitrogens is 2. The van der Waals surface area contributed by atoms with E-state index in [0.29, 0.717) is 5.92 Å². The van der Waals surface area contributed by atoms with E-state index in [2.05, 4.69) is 27.5 Å². The summed E-state index contributed by atoms with van der Waals surface area (Å²) >= 11 is 0. The molecule has 0 bridgehead atoms. The highest BCUT2D eigenvalue weighted by Crippen LogP contribution is 2.30. The minimum atomic E-state index is 0. The van der Waals surface area contributed by atoms with Gasteiger partial charge in [-0.15, -0.1) is 0 Å². The molecule has 1 fully saturated rings. The van der Waals surface area contributed by atoms with E-state index in [0.717, 1.165) is 18.7 Å². The summed E-state index contributed by atoms with van der Waals surface area (Å²) < 4.78 is 0. The highest BCUT2D eigenvalue weighted by atomic mass is 14.9. The zero-order valence-electron chi connectivity index (χ0n) is 8.66. The molecule has 1 aliphatic heterocycles. The molecule has 0 amide bonds. The summed E-state index contributed by atoms with van der Waals surface area (Å²) in [5.74, 6) is 0.698. The van der Waals surface area contributed by atoms with Crippen LogP contribution in [0, 0.1) is 0 Å². The Balaban J connectivity index is 0.000000963. The van der Waals surface area contributed by atoms with Crippen LogP contribution in [-0.4, -0.2) is 23.1 Å². The third kappa shape index (κ3) is 1.53. The molecule has 2 aromatic heterocycles. The summed E-state index contributed by atoms with van der Waals surface area (Å²) in [6, 6.07) is 4.18. The van der Waals surface area contributed by atoms with Crippen molar-refractivity contribution >= 4 is 11.0 Å². The first-order chi connectivity index (χ1) is 7.45. The van der Waals surface area contributed by atoms with E-state index in [9.17, 15) is 0 Å². The van der Waals surface area contributed by atoms with Gasteiger partial charge < -0.3 is 10.3 Å². The maximum absolute atomic E-state index is 4.33. The molecule has 2 N–H and O–H groups in total. The number of hydrogen-bond donors (Lipinski definition) is 2. The monoisotopic (exact) mass is 203 g/mol. The number of nitrogens with one attached hydrogen (secondary N) is 2. The van der Waals surface area contributed by atoms with Crippen molar-refractivity contribution in [3.8, 4) is 0 Å². The van der Waals surface area contributed by atoms with E-state index in [4.69, 9.17) is 0 Å². The summed E-state index contributed by atoms with van der Waals surface area (Å²) in [6.07, 6.45) is 6.45. The van der Waals surface area contributed by atoms with E-state index >= 15 is 0 Å². The molecule has 3 heterocycles. The van der Waals surface area contributed by atoms with Gasteiger partial charge in [0.25, 0.3) is 0 Å². The predicted molar refractivity (Wildman–Crippen MR) is 63.1 cm³/mol. The van der Waals surface area contributed by atoms with Crippen LogP contribution < -0.4 is 5.32 Å². The average molecular weight is 203 g/mol. The molecule has 3 nitrogen and oxygen atoms in total. The van der Waals surface area contributed by atoms with Crippen molar-refractivity contribution in [3.63, 3.8) is 0 Å². The molecule has 2 aromatic rings. The third-order valence-electron chi connectivity index (χ3n) is 3.26. The van der Waals surface area contributed by atoms with Crippen molar-refractivity contribution in [3.05, 3.63) is 30.1 Å². The highest BCUT2D eigenvalue weighted by Gasteiger charge is 2.18. The summed E-state index contributed by atoms with van der Waals surface area (Å²) in [4.78, 5) is 7.58. The molecular weight excluding hydrogens is 186 g/mol. The van der Waals surface area contributed by atoms with Gasteiger partial charge in [-0.25, -0.2) is 4.98 Å². The van der Waals surface area contributed by atoms with Crippen molar-refractivity contribution in [1.82, 2.24) is 15.3 Å². The molecular formula is C12H17N3. The van der Waals surface area contributed by atoms with Gasteiger partial charge in [0.05, 0.1) is 0 Å². The van der Waals surface area contributed by atoms with Crippen LogP contribution in [0.25, 0.3) is 11.0 Å². The largest absolute Gasteiger partial charge is 0.346 e. The van der Waals surface area contributed by atoms with E-state index in [1.54, 1.807) is 0 Å². The van der Waals surface area contributed by atoms with Crippen LogP contribution >= 0.6 is 0 Å². The Hall–Kier alpha value is -1.35. The average Bonchev–Trinajstić information content (AvgIpc) is 2.74. The van der Waals surface area contributed by atoms with Gasteiger partial charge in [-0.2, -0.15) is 0 Å². The number of rotatable bonds is 1. The van der Waals surface area contributed by atoms with Gasteiger partial charge in [0, 0.05) is 19.2 Å². The van der Waals surface area contributed by atoms with Gasteiger partial charge >= 0.3 is 0 Å². The minimum absolute atomic E-state index is 0. The van der Waals surface area contributed by atoms with Gasteiger partial charge in [0.1, 0.15) is 5.65 Å². The fourth-order valence-corrected chi connectivity index (χ4v) is 2.45. The molecule has 1 saturated heterocycles. The van der Waals surface area contributed by atoms with E-state index in [-0.39, 0.29) is 1.43 Å². The Kier molecular flexibility index (Phi) is 2.18. The predicted octanol–water partition coefficient (Wildman–Crippen LogP) is 2.28. The maximum atomic E-state index is 4.33. The number of hydrogen-bond acceptors (Lipinski definition) is 2. The Morgan fingerprint density at radius 1 is 1.33 bits per heavy atom. The van der Waals surface area contributed by atoms with Gasteiger partial charge in [-0.3, -0.25) is 0 Å². The first-order valence-corrected chi connectivity index (χ1v) is 5.58. The third-order valence-corrected chi connectivity index (χ3v) is 3.26. The molecule has 3 rings (SSSR count). The van der Waals surface area contributed by atoms with Crippen molar-refractivity contribution in [2.24, 2.45) is 0 Å². The standard InChI is InChI=1S/C12H15N3.H2/c1-2-10-11(8-15-12(10)14-5-1)9-3-6-13-7-4-9;/h1-2,5,8-9,13H,3-4,6-7H2,(H,14,15);1H. The number of fused-ring (bicyclic) bond motifs is 1. The topological polar surface area (TPSA) is 40.7 Å². The lowest BCUT2D eigenvalue weighted by Gasteiger charge is -2.22. The summed E-state index contributed by atoms with van der Waals surface area (Å²) in [6.45, 7) is 2.27. The van der Waals surface area contributed by atoms with Gasteiger partial charge in [-0.1, -0.05) is 0 Å². The Morgan fingerprint density at radius 3 is 3.07 bits per heavy atom. The fourth-order valence-electron chi connectivity index (χ4n) is 2.45. The number of nitrogens with zero attached hydrogens (tertiary/aromatic N) is 1. The number of aromatic amines is 1. The smallest absolute Gasteiger partial charge is 0.137 e.